The number of ether oxygens (including phenoxy) is 4. The lowest BCUT2D eigenvalue weighted by atomic mass is 9.88. The van der Waals surface area contributed by atoms with Crippen LogP contribution in [0.4, 0.5) is 0 Å². The topological polar surface area (TPSA) is 118 Å². The van der Waals surface area contributed by atoms with Gasteiger partial charge in [-0.25, -0.2) is 0 Å². The Morgan fingerprint density at radius 3 is 2.02 bits per heavy atom. The summed E-state index contributed by atoms with van der Waals surface area (Å²) in [5.41, 5.74) is 2.68. The summed E-state index contributed by atoms with van der Waals surface area (Å²) >= 11 is 0. The Kier molecular flexibility index (Phi) is 9.46. The van der Waals surface area contributed by atoms with Gasteiger partial charge in [0, 0.05) is 13.5 Å². The number of aliphatic hydroxyl groups is 3. The van der Waals surface area contributed by atoms with Gasteiger partial charge in [0.1, 0.15) is 37.1 Å². The average Bonchev–Trinajstić information content (AvgIpc) is 3.35. The summed E-state index contributed by atoms with van der Waals surface area (Å²) in [6.45, 7) is 1.31. The van der Waals surface area contributed by atoms with Crippen LogP contribution in [0.3, 0.4) is 0 Å². The molecule has 2 aliphatic heterocycles. The molecule has 0 unspecified atom stereocenters. The molecule has 1 amide bonds. The maximum Gasteiger partial charge on any atom is 0.221 e. The van der Waals surface area contributed by atoms with Crippen molar-refractivity contribution in [1.29, 1.82) is 0 Å². The van der Waals surface area contributed by atoms with Gasteiger partial charge in [-0.3, -0.25) is 4.79 Å². The van der Waals surface area contributed by atoms with E-state index in [1.807, 2.05) is 91.0 Å². The van der Waals surface area contributed by atoms with Gasteiger partial charge in [0.15, 0.2) is 0 Å². The van der Waals surface area contributed by atoms with E-state index in [-0.39, 0.29) is 32.3 Å². The molecule has 218 valence electrons. The first-order valence-corrected chi connectivity index (χ1v) is 13.8. The molecule has 7 atom stereocenters. The van der Waals surface area contributed by atoms with Crippen LogP contribution in [0.15, 0.2) is 91.0 Å². The number of benzene rings is 3. The normalized spacial score (nSPS) is 27.9. The van der Waals surface area contributed by atoms with Gasteiger partial charge in [-0.2, -0.15) is 0 Å². The summed E-state index contributed by atoms with van der Waals surface area (Å²) in [6.07, 6.45) is -5.56. The van der Waals surface area contributed by atoms with Gasteiger partial charge in [0.25, 0.3) is 0 Å². The number of aliphatic hydroxyl groups excluding tert-OH is 3. The van der Waals surface area contributed by atoms with Crippen molar-refractivity contribution in [3.05, 3.63) is 108 Å². The second-order valence-electron chi connectivity index (χ2n) is 10.5. The van der Waals surface area contributed by atoms with Crippen LogP contribution >= 0.6 is 0 Å². The van der Waals surface area contributed by atoms with E-state index in [1.54, 1.807) is 4.90 Å². The molecule has 2 bridgehead atoms. The van der Waals surface area contributed by atoms with Crippen molar-refractivity contribution in [1.82, 2.24) is 4.90 Å². The SMILES string of the molecule is CC(=O)N(Cc1ccccc1)[C@H]1[C@H](OCc2ccccc2)[C@@H]2O[C@](COCc3ccccc3)(O[C@@H]2[C@H](O)CO)[C@@H]1O. The predicted octanol–water partition coefficient (Wildman–Crippen LogP) is 2.41. The number of rotatable bonds is 12. The molecule has 3 aromatic rings. The molecule has 0 aromatic heterocycles. The molecular formula is C32H37NO8. The molecule has 2 saturated heterocycles. The smallest absolute Gasteiger partial charge is 0.221 e. The molecule has 2 heterocycles. The van der Waals surface area contributed by atoms with E-state index in [0.29, 0.717) is 0 Å². The summed E-state index contributed by atoms with van der Waals surface area (Å²) < 4.78 is 25.0. The van der Waals surface area contributed by atoms with Crippen LogP contribution in [0.1, 0.15) is 23.6 Å². The molecule has 9 heteroatoms. The van der Waals surface area contributed by atoms with Crippen LogP contribution < -0.4 is 0 Å². The quantitative estimate of drug-likeness (QED) is 0.308. The zero-order chi connectivity index (χ0) is 28.8. The van der Waals surface area contributed by atoms with Crippen molar-refractivity contribution in [2.75, 3.05) is 13.2 Å². The monoisotopic (exact) mass is 563 g/mol. The molecule has 0 saturated carbocycles. The number of amides is 1. The number of hydrogen-bond acceptors (Lipinski definition) is 8. The van der Waals surface area contributed by atoms with Crippen LogP contribution in [-0.2, 0) is 43.5 Å². The third-order valence-electron chi connectivity index (χ3n) is 7.66. The van der Waals surface area contributed by atoms with Gasteiger partial charge >= 0.3 is 0 Å². The van der Waals surface area contributed by atoms with Crippen LogP contribution in [0.25, 0.3) is 0 Å². The largest absolute Gasteiger partial charge is 0.394 e. The van der Waals surface area contributed by atoms with Gasteiger partial charge in [-0.05, 0) is 16.7 Å². The van der Waals surface area contributed by atoms with Gasteiger partial charge in [-0.15, -0.1) is 0 Å². The predicted molar refractivity (Wildman–Crippen MR) is 149 cm³/mol. The number of hydrogen-bond donors (Lipinski definition) is 3. The zero-order valence-electron chi connectivity index (χ0n) is 23.0. The fourth-order valence-electron chi connectivity index (χ4n) is 5.61. The third kappa shape index (κ3) is 6.52. The van der Waals surface area contributed by atoms with Crippen molar-refractivity contribution >= 4 is 5.91 Å². The molecule has 5 rings (SSSR count). The van der Waals surface area contributed by atoms with E-state index in [1.165, 1.54) is 6.92 Å². The van der Waals surface area contributed by atoms with Crippen LogP contribution in [-0.4, -0.2) is 81.7 Å². The Balaban J connectivity index is 1.49. The maximum absolute atomic E-state index is 13.2. The highest BCUT2D eigenvalue weighted by Crippen LogP contribution is 2.45. The highest BCUT2D eigenvalue weighted by atomic mass is 16.8. The third-order valence-corrected chi connectivity index (χ3v) is 7.66. The second-order valence-corrected chi connectivity index (χ2v) is 10.5. The van der Waals surface area contributed by atoms with Crippen LogP contribution in [0.2, 0.25) is 0 Å². The lowest BCUT2D eigenvalue weighted by molar-refractivity contribution is -0.307. The van der Waals surface area contributed by atoms with E-state index in [0.717, 1.165) is 16.7 Å². The minimum atomic E-state index is -1.71. The van der Waals surface area contributed by atoms with E-state index < -0.39 is 49.0 Å². The average molecular weight is 564 g/mol. The maximum atomic E-state index is 13.2. The fraction of sp³-hybridized carbons (Fsp3) is 0.406. The molecule has 41 heavy (non-hydrogen) atoms. The zero-order valence-corrected chi connectivity index (χ0v) is 23.0. The van der Waals surface area contributed by atoms with Crippen molar-refractivity contribution < 1.29 is 39.1 Å². The molecule has 0 aliphatic carbocycles. The summed E-state index contributed by atoms with van der Waals surface area (Å²) in [7, 11) is 0. The van der Waals surface area contributed by atoms with Crippen molar-refractivity contribution in [2.45, 2.75) is 69.0 Å². The Morgan fingerprint density at radius 2 is 1.46 bits per heavy atom. The lowest BCUT2D eigenvalue weighted by Crippen LogP contribution is -2.68. The van der Waals surface area contributed by atoms with Gasteiger partial charge in [-0.1, -0.05) is 91.0 Å². The lowest BCUT2D eigenvalue weighted by Gasteiger charge is -2.48. The van der Waals surface area contributed by atoms with Crippen molar-refractivity contribution in [2.24, 2.45) is 0 Å². The van der Waals surface area contributed by atoms with Crippen LogP contribution in [0.5, 0.6) is 0 Å². The molecule has 3 aromatic carbocycles. The van der Waals surface area contributed by atoms with Gasteiger partial charge < -0.3 is 39.2 Å². The van der Waals surface area contributed by atoms with Gasteiger partial charge in [0.2, 0.25) is 11.7 Å². The Morgan fingerprint density at radius 1 is 0.902 bits per heavy atom. The molecule has 2 fully saturated rings. The molecular weight excluding hydrogens is 526 g/mol. The molecule has 0 spiro atoms. The fourth-order valence-corrected chi connectivity index (χ4v) is 5.61. The highest BCUT2D eigenvalue weighted by Gasteiger charge is 2.66. The minimum Gasteiger partial charge on any atom is -0.394 e. The molecule has 0 radical (unpaired) electrons. The number of nitrogens with zero attached hydrogens (tertiary/aromatic N) is 1. The standard InChI is InChI=1S/C32H37NO8/c1-22(35)33(17-23-11-5-2-6-12-23)27-29(39-20-25-15-9-4-10-16-25)30-28(26(36)18-34)40-32(41-30,31(27)37)21-38-19-24-13-7-3-8-14-24/h2-16,26-31,34,36-37H,17-21H2,1H3/t26-,27+,28-,29+,30-,31-,32+/m1/s1. The second kappa shape index (κ2) is 13.2. The van der Waals surface area contributed by atoms with E-state index in [4.69, 9.17) is 18.9 Å². The molecule has 9 nitrogen and oxygen atoms in total. The Labute approximate surface area is 239 Å². The molecule has 2 aliphatic rings. The van der Waals surface area contributed by atoms with E-state index in [2.05, 4.69) is 0 Å². The first-order valence-electron chi connectivity index (χ1n) is 13.8. The number of carbonyl (C=O) groups is 1. The highest BCUT2D eigenvalue weighted by molar-refractivity contribution is 5.74. The van der Waals surface area contributed by atoms with Crippen molar-refractivity contribution in [3.63, 3.8) is 0 Å². The van der Waals surface area contributed by atoms with Crippen LogP contribution in [0, 0.1) is 0 Å². The van der Waals surface area contributed by atoms with E-state index >= 15 is 0 Å². The molecule has 3 N–H and O–H groups in total. The van der Waals surface area contributed by atoms with Crippen molar-refractivity contribution in [3.8, 4) is 0 Å². The summed E-state index contributed by atoms with van der Waals surface area (Å²) in [5, 5.41) is 32.6. The summed E-state index contributed by atoms with van der Waals surface area (Å²) in [6, 6.07) is 27.6. The summed E-state index contributed by atoms with van der Waals surface area (Å²) in [4.78, 5) is 14.7. The first kappa shape index (κ1) is 29.3. The first-order chi connectivity index (χ1) is 19.9. The van der Waals surface area contributed by atoms with Gasteiger partial charge in [0.05, 0.1) is 25.9 Å². The number of carbonyl (C=O) groups excluding carboxylic acids is 1. The Bertz CT molecular complexity index is 1250. The minimum absolute atomic E-state index is 0.172. The Hall–Kier alpha value is -3.15. The summed E-state index contributed by atoms with van der Waals surface area (Å²) in [5.74, 6) is -1.98. The van der Waals surface area contributed by atoms with E-state index in [9.17, 15) is 20.1 Å². The number of fused-ring (bicyclic) bond motifs is 2.